The molecule has 0 saturated heterocycles. The van der Waals surface area contributed by atoms with Crippen LogP contribution in [0.2, 0.25) is 0 Å². The lowest BCUT2D eigenvalue weighted by Gasteiger charge is -2.06. The minimum atomic E-state index is 0. The lowest BCUT2D eigenvalue weighted by atomic mass is 10.6. The Kier molecular flexibility index (Phi) is 9.97. The summed E-state index contributed by atoms with van der Waals surface area (Å²) in [6, 6.07) is 0. The molecule has 0 unspecified atom stereocenters. The Morgan fingerprint density at radius 1 is 1.38 bits per heavy atom. The van der Waals surface area contributed by atoms with Gasteiger partial charge >= 0.3 is 0 Å². The normalized spacial score (nSPS) is 9.00. The minimum absolute atomic E-state index is 0. The molecular weight excluding hydrogens is 126 g/mol. The molecule has 0 atom stereocenters. The molecule has 0 N–H and O–H groups in total. The zero-order chi connectivity index (χ0) is 5.70. The third-order valence-electron chi connectivity index (χ3n) is 0.743. The summed E-state index contributed by atoms with van der Waals surface area (Å²) in [5.74, 6) is 0. The fourth-order valence-corrected chi connectivity index (χ4v) is 0.274. The van der Waals surface area contributed by atoms with Crippen molar-refractivity contribution < 1.29 is 4.74 Å². The van der Waals surface area contributed by atoms with Gasteiger partial charge in [-0.05, 0) is 14.1 Å². The molecule has 0 aromatic carbocycles. The van der Waals surface area contributed by atoms with E-state index in [0.29, 0.717) is 0 Å². The molecule has 0 aromatic heterocycles. The summed E-state index contributed by atoms with van der Waals surface area (Å²) in [6.45, 7) is 1.84. The van der Waals surface area contributed by atoms with Crippen LogP contribution >= 0.6 is 12.4 Å². The molecule has 2 nitrogen and oxygen atoms in total. The van der Waals surface area contributed by atoms with Crippen LogP contribution in [0.3, 0.4) is 0 Å². The number of hydrogen-bond donors (Lipinski definition) is 0. The predicted octanol–water partition coefficient (Wildman–Crippen LogP) is 0.616. The van der Waals surface area contributed by atoms with Gasteiger partial charge in [0.05, 0.1) is 6.61 Å². The molecule has 0 heterocycles. The zero-order valence-electron chi connectivity index (χ0n) is 5.68. The van der Waals surface area contributed by atoms with Gasteiger partial charge in [0.2, 0.25) is 0 Å². The number of methoxy groups -OCH3 is 1. The molecule has 8 heavy (non-hydrogen) atoms. The highest BCUT2D eigenvalue weighted by molar-refractivity contribution is 5.85. The van der Waals surface area contributed by atoms with Crippen LogP contribution in [0.4, 0.5) is 0 Å². The van der Waals surface area contributed by atoms with Crippen LogP contribution in [-0.2, 0) is 4.74 Å². The first-order valence-corrected chi connectivity index (χ1v) is 2.41. The molecular formula is C5H14ClNO. The van der Waals surface area contributed by atoms with E-state index < -0.39 is 0 Å². The summed E-state index contributed by atoms with van der Waals surface area (Å²) < 4.78 is 4.81. The Hall–Kier alpha value is 0.210. The molecule has 0 aliphatic heterocycles. The third-order valence-corrected chi connectivity index (χ3v) is 0.743. The van der Waals surface area contributed by atoms with Crippen molar-refractivity contribution in [3.63, 3.8) is 0 Å². The number of rotatable bonds is 3. The number of nitrogens with zero attached hydrogens (tertiary/aromatic N) is 1. The maximum Gasteiger partial charge on any atom is 0.0589 e. The first kappa shape index (κ1) is 11.1. The van der Waals surface area contributed by atoms with E-state index in [1.165, 1.54) is 0 Å². The van der Waals surface area contributed by atoms with Crippen LogP contribution in [-0.4, -0.2) is 39.3 Å². The Bertz CT molecular complexity index is 41.4. The van der Waals surface area contributed by atoms with E-state index >= 15 is 0 Å². The smallest absolute Gasteiger partial charge is 0.0589 e. The van der Waals surface area contributed by atoms with Gasteiger partial charge < -0.3 is 9.64 Å². The average Bonchev–Trinajstić information content (AvgIpc) is 1.61. The van der Waals surface area contributed by atoms with E-state index in [2.05, 4.69) is 4.90 Å². The highest BCUT2D eigenvalue weighted by atomic mass is 35.5. The van der Waals surface area contributed by atoms with Gasteiger partial charge in [0.25, 0.3) is 0 Å². The topological polar surface area (TPSA) is 12.5 Å². The molecule has 0 aliphatic carbocycles. The zero-order valence-corrected chi connectivity index (χ0v) is 6.49. The summed E-state index contributed by atoms with van der Waals surface area (Å²) in [6.07, 6.45) is 0. The van der Waals surface area contributed by atoms with E-state index in [1.807, 2.05) is 14.1 Å². The van der Waals surface area contributed by atoms with Crippen molar-refractivity contribution in [2.24, 2.45) is 0 Å². The van der Waals surface area contributed by atoms with E-state index in [0.717, 1.165) is 13.2 Å². The average molecular weight is 140 g/mol. The lowest BCUT2D eigenvalue weighted by Crippen LogP contribution is -2.16. The van der Waals surface area contributed by atoms with Gasteiger partial charge in [0.15, 0.2) is 0 Å². The van der Waals surface area contributed by atoms with Crippen LogP contribution in [0.1, 0.15) is 0 Å². The van der Waals surface area contributed by atoms with Crippen LogP contribution in [0.5, 0.6) is 0 Å². The number of hydrogen-bond acceptors (Lipinski definition) is 2. The molecule has 0 fully saturated rings. The van der Waals surface area contributed by atoms with Crippen molar-refractivity contribution in [3.05, 3.63) is 0 Å². The van der Waals surface area contributed by atoms with Crippen molar-refractivity contribution in [2.75, 3.05) is 34.4 Å². The maximum absolute atomic E-state index is 4.81. The van der Waals surface area contributed by atoms with E-state index in [-0.39, 0.29) is 12.4 Å². The van der Waals surface area contributed by atoms with Crippen LogP contribution < -0.4 is 0 Å². The van der Waals surface area contributed by atoms with E-state index in [4.69, 9.17) is 4.74 Å². The van der Waals surface area contributed by atoms with Crippen LogP contribution in [0, 0.1) is 0 Å². The first-order valence-electron chi connectivity index (χ1n) is 2.41. The van der Waals surface area contributed by atoms with Gasteiger partial charge in [-0.25, -0.2) is 0 Å². The Balaban J connectivity index is 0. The molecule has 0 spiro atoms. The molecule has 0 rings (SSSR count). The molecule has 0 bridgehead atoms. The fraction of sp³-hybridized carbons (Fsp3) is 1.00. The van der Waals surface area contributed by atoms with Crippen molar-refractivity contribution in [3.8, 4) is 0 Å². The van der Waals surface area contributed by atoms with Gasteiger partial charge in [-0.3, -0.25) is 0 Å². The van der Waals surface area contributed by atoms with Gasteiger partial charge in [0.1, 0.15) is 0 Å². The molecule has 52 valence electrons. The molecule has 3 heteroatoms. The van der Waals surface area contributed by atoms with Gasteiger partial charge in [0, 0.05) is 13.7 Å². The Morgan fingerprint density at radius 3 is 2.00 bits per heavy atom. The quantitative estimate of drug-likeness (QED) is 0.569. The first-order chi connectivity index (χ1) is 3.27. The number of likely N-dealkylation sites (N-methyl/N-ethyl adjacent to an activating group) is 1. The summed E-state index contributed by atoms with van der Waals surface area (Å²) in [7, 11) is 5.77. The number of halogens is 1. The van der Waals surface area contributed by atoms with Crippen molar-refractivity contribution in [2.45, 2.75) is 0 Å². The van der Waals surface area contributed by atoms with E-state index in [9.17, 15) is 0 Å². The lowest BCUT2D eigenvalue weighted by molar-refractivity contribution is 0.172. The highest BCUT2D eigenvalue weighted by Crippen LogP contribution is 1.71. The fourth-order valence-electron chi connectivity index (χ4n) is 0.274. The van der Waals surface area contributed by atoms with Gasteiger partial charge in [-0.15, -0.1) is 12.4 Å². The van der Waals surface area contributed by atoms with Crippen molar-refractivity contribution in [1.29, 1.82) is 0 Å². The molecule has 0 radical (unpaired) electrons. The molecule has 0 aromatic rings. The van der Waals surface area contributed by atoms with E-state index in [1.54, 1.807) is 7.11 Å². The summed E-state index contributed by atoms with van der Waals surface area (Å²) in [4.78, 5) is 2.09. The Morgan fingerprint density at radius 2 is 1.88 bits per heavy atom. The number of ether oxygens (including phenoxy) is 1. The summed E-state index contributed by atoms with van der Waals surface area (Å²) >= 11 is 0. The largest absolute Gasteiger partial charge is 0.383 e. The molecule has 0 amide bonds. The second-order valence-corrected chi connectivity index (χ2v) is 1.80. The second-order valence-electron chi connectivity index (χ2n) is 1.80. The SMILES string of the molecule is COCCN(C)C.Cl. The molecule has 0 saturated carbocycles. The van der Waals surface area contributed by atoms with Gasteiger partial charge in [-0.2, -0.15) is 0 Å². The Labute approximate surface area is 57.2 Å². The monoisotopic (exact) mass is 139 g/mol. The summed E-state index contributed by atoms with van der Waals surface area (Å²) in [5.41, 5.74) is 0. The predicted molar refractivity (Wildman–Crippen MR) is 37.7 cm³/mol. The third kappa shape index (κ3) is 9.51. The minimum Gasteiger partial charge on any atom is -0.383 e. The van der Waals surface area contributed by atoms with Crippen molar-refractivity contribution in [1.82, 2.24) is 4.90 Å². The second kappa shape index (κ2) is 7.21. The van der Waals surface area contributed by atoms with Crippen LogP contribution in [0.15, 0.2) is 0 Å². The molecule has 0 aliphatic rings. The van der Waals surface area contributed by atoms with Gasteiger partial charge in [-0.1, -0.05) is 0 Å². The van der Waals surface area contributed by atoms with Crippen molar-refractivity contribution >= 4 is 12.4 Å². The summed E-state index contributed by atoms with van der Waals surface area (Å²) in [5, 5.41) is 0. The highest BCUT2D eigenvalue weighted by Gasteiger charge is 1.83. The van der Waals surface area contributed by atoms with Crippen LogP contribution in [0.25, 0.3) is 0 Å². The standard InChI is InChI=1S/C5H13NO.ClH/c1-6(2)4-5-7-3;/h4-5H2,1-3H3;1H. The maximum atomic E-state index is 4.81.